The fraction of sp³-hybridized carbons (Fsp3) is 0.600. The number of carbonyl (C=O) groups is 1. The molecule has 1 aliphatic heterocycles. The van der Waals surface area contributed by atoms with E-state index >= 15 is 0 Å². The average Bonchev–Trinajstić information content (AvgIpc) is 3.10. The van der Waals surface area contributed by atoms with Gasteiger partial charge in [0.2, 0.25) is 5.91 Å². The first-order valence-corrected chi connectivity index (χ1v) is 9.58. The van der Waals surface area contributed by atoms with E-state index < -0.39 is 0 Å². The Morgan fingerprint density at radius 2 is 2.07 bits per heavy atom. The second kappa shape index (κ2) is 10.3. The Hall–Kier alpha value is -2.15. The number of guanidine groups is 1. The number of halogens is 1. The van der Waals surface area contributed by atoms with Gasteiger partial charge in [-0.1, -0.05) is 26.0 Å². The van der Waals surface area contributed by atoms with Crippen LogP contribution in [0.1, 0.15) is 25.8 Å². The molecular weight excluding hydrogens is 345 g/mol. The van der Waals surface area contributed by atoms with Gasteiger partial charge in [-0.25, -0.2) is 4.39 Å². The zero-order valence-corrected chi connectivity index (χ0v) is 16.8. The number of rotatable bonds is 7. The Kier molecular flexibility index (Phi) is 8.03. The summed E-state index contributed by atoms with van der Waals surface area (Å²) in [6, 6.07) is 6.83. The van der Waals surface area contributed by atoms with Crippen LogP contribution in [0.5, 0.6) is 0 Å². The molecule has 1 saturated heterocycles. The van der Waals surface area contributed by atoms with Gasteiger partial charge in [-0.2, -0.15) is 0 Å². The lowest BCUT2D eigenvalue weighted by atomic mass is 10.2. The van der Waals surface area contributed by atoms with Crippen LogP contribution in [0.3, 0.4) is 0 Å². The van der Waals surface area contributed by atoms with Crippen LogP contribution in [-0.4, -0.2) is 68.0 Å². The van der Waals surface area contributed by atoms with Crippen LogP contribution in [-0.2, 0) is 11.3 Å². The normalized spacial score (nSPS) is 17.7. The van der Waals surface area contributed by atoms with Crippen LogP contribution in [0.2, 0.25) is 0 Å². The number of amides is 1. The quantitative estimate of drug-likeness (QED) is 0.561. The molecule has 1 atom stereocenters. The zero-order valence-electron chi connectivity index (χ0n) is 16.8. The van der Waals surface area contributed by atoms with Gasteiger partial charge >= 0.3 is 0 Å². The van der Waals surface area contributed by atoms with E-state index in [9.17, 15) is 9.18 Å². The molecule has 0 aliphatic carbocycles. The molecular formula is C20H32FN5O. The van der Waals surface area contributed by atoms with Gasteiger partial charge in [0.05, 0.1) is 0 Å². The average molecular weight is 378 g/mol. The molecule has 7 heteroatoms. The molecule has 0 saturated carbocycles. The SMILES string of the molecule is CN=C(NCCN(C)Cc1ccc(F)cc1)NC1CCN(C(=O)C(C)C)C1. The van der Waals surface area contributed by atoms with Crippen molar-refractivity contribution in [1.82, 2.24) is 20.4 Å². The molecule has 0 bridgehead atoms. The highest BCUT2D eigenvalue weighted by molar-refractivity contribution is 5.81. The lowest BCUT2D eigenvalue weighted by molar-refractivity contribution is -0.133. The fourth-order valence-electron chi connectivity index (χ4n) is 3.18. The summed E-state index contributed by atoms with van der Waals surface area (Å²) in [5, 5.41) is 6.73. The molecule has 1 heterocycles. The molecule has 1 amide bonds. The molecule has 1 aromatic carbocycles. The molecule has 1 fully saturated rings. The number of carbonyl (C=O) groups excluding carboxylic acids is 1. The first kappa shape index (κ1) is 21.2. The minimum atomic E-state index is -0.210. The zero-order chi connectivity index (χ0) is 19.8. The van der Waals surface area contributed by atoms with E-state index in [4.69, 9.17) is 0 Å². The van der Waals surface area contributed by atoms with Crippen LogP contribution in [0.4, 0.5) is 4.39 Å². The molecule has 2 rings (SSSR count). The summed E-state index contributed by atoms with van der Waals surface area (Å²) in [5.41, 5.74) is 1.09. The van der Waals surface area contributed by atoms with E-state index in [1.165, 1.54) is 12.1 Å². The van der Waals surface area contributed by atoms with Crippen molar-refractivity contribution in [3.8, 4) is 0 Å². The molecule has 0 spiro atoms. The molecule has 27 heavy (non-hydrogen) atoms. The second-order valence-electron chi connectivity index (χ2n) is 7.43. The number of hydrogen-bond donors (Lipinski definition) is 2. The molecule has 1 unspecified atom stereocenters. The standard InChI is InChI=1S/C20H32FN5O/c1-15(2)19(27)26-11-9-18(14-26)24-20(22-3)23-10-12-25(4)13-16-5-7-17(21)8-6-16/h5-8,15,18H,9-14H2,1-4H3,(H2,22,23,24). The number of likely N-dealkylation sites (N-methyl/N-ethyl adjacent to an activating group) is 1. The van der Waals surface area contributed by atoms with E-state index in [1.54, 1.807) is 7.05 Å². The molecule has 150 valence electrons. The summed E-state index contributed by atoms with van der Waals surface area (Å²) in [5.74, 6) is 0.801. The largest absolute Gasteiger partial charge is 0.355 e. The topological polar surface area (TPSA) is 60.0 Å². The number of benzene rings is 1. The maximum atomic E-state index is 13.0. The summed E-state index contributed by atoms with van der Waals surface area (Å²) in [6.45, 7) is 7.74. The molecule has 1 aromatic rings. The Bertz CT molecular complexity index is 632. The molecule has 1 aliphatic rings. The summed E-state index contributed by atoms with van der Waals surface area (Å²) < 4.78 is 13.0. The van der Waals surface area contributed by atoms with Gasteiger partial charge in [0, 0.05) is 51.7 Å². The van der Waals surface area contributed by atoms with Crippen LogP contribution in [0.15, 0.2) is 29.3 Å². The third kappa shape index (κ3) is 6.82. The second-order valence-corrected chi connectivity index (χ2v) is 7.43. The van der Waals surface area contributed by atoms with Crippen molar-refractivity contribution in [2.45, 2.75) is 32.9 Å². The summed E-state index contributed by atoms with van der Waals surface area (Å²) >= 11 is 0. The Labute approximate surface area is 161 Å². The van der Waals surface area contributed by atoms with Crippen LogP contribution >= 0.6 is 0 Å². The van der Waals surface area contributed by atoms with Crippen LogP contribution in [0.25, 0.3) is 0 Å². The number of aliphatic imine (C=N–C) groups is 1. The van der Waals surface area contributed by atoms with Crippen molar-refractivity contribution in [2.75, 3.05) is 40.3 Å². The highest BCUT2D eigenvalue weighted by Gasteiger charge is 2.27. The molecule has 6 nitrogen and oxygen atoms in total. The third-order valence-corrected chi connectivity index (χ3v) is 4.71. The van der Waals surface area contributed by atoms with Crippen molar-refractivity contribution in [1.29, 1.82) is 0 Å². The van der Waals surface area contributed by atoms with E-state index in [0.717, 1.165) is 50.7 Å². The number of likely N-dealkylation sites (tertiary alicyclic amines) is 1. The van der Waals surface area contributed by atoms with Gasteiger partial charge in [-0.3, -0.25) is 9.79 Å². The van der Waals surface area contributed by atoms with E-state index in [0.29, 0.717) is 0 Å². The van der Waals surface area contributed by atoms with E-state index in [2.05, 4.69) is 20.5 Å². The number of nitrogens with zero attached hydrogens (tertiary/aromatic N) is 3. The molecule has 0 aromatic heterocycles. The first-order valence-electron chi connectivity index (χ1n) is 9.58. The summed E-state index contributed by atoms with van der Waals surface area (Å²) in [7, 11) is 3.79. The van der Waals surface area contributed by atoms with Gasteiger partial charge < -0.3 is 20.4 Å². The monoisotopic (exact) mass is 377 g/mol. The van der Waals surface area contributed by atoms with Crippen molar-refractivity contribution < 1.29 is 9.18 Å². The minimum absolute atomic E-state index is 0.0397. The Morgan fingerprint density at radius 3 is 2.70 bits per heavy atom. The lowest BCUT2D eigenvalue weighted by Crippen LogP contribution is -2.46. The highest BCUT2D eigenvalue weighted by Crippen LogP contribution is 2.12. The Morgan fingerprint density at radius 1 is 1.37 bits per heavy atom. The van der Waals surface area contributed by atoms with Crippen molar-refractivity contribution >= 4 is 11.9 Å². The smallest absolute Gasteiger partial charge is 0.225 e. The van der Waals surface area contributed by atoms with E-state index in [1.807, 2.05) is 37.9 Å². The molecule has 0 radical (unpaired) electrons. The van der Waals surface area contributed by atoms with Crippen LogP contribution < -0.4 is 10.6 Å². The van der Waals surface area contributed by atoms with Gasteiger partial charge in [-0.05, 0) is 31.2 Å². The number of hydrogen-bond acceptors (Lipinski definition) is 3. The van der Waals surface area contributed by atoms with Crippen LogP contribution in [0, 0.1) is 11.7 Å². The van der Waals surface area contributed by atoms with Crippen molar-refractivity contribution in [3.63, 3.8) is 0 Å². The third-order valence-electron chi connectivity index (χ3n) is 4.71. The fourth-order valence-corrected chi connectivity index (χ4v) is 3.18. The van der Waals surface area contributed by atoms with Crippen molar-refractivity contribution in [3.05, 3.63) is 35.6 Å². The van der Waals surface area contributed by atoms with Gasteiger partial charge in [-0.15, -0.1) is 0 Å². The highest BCUT2D eigenvalue weighted by atomic mass is 19.1. The predicted molar refractivity (Wildman–Crippen MR) is 107 cm³/mol. The maximum Gasteiger partial charge on any atom is 0.225 e. The predicted octanol–water partition coefficient (Wildman–Crippen LogP) is 1.68. The van der Waals surface area contributed by atoms with Gasteiger partial charge in [0.25, 0.3) is 0 Å². The minimum Gasteiger partial charge on any atom is -0.355 e. The maximum absolute atomic E-state index is 13.0. The lowest BCUT2D eigenvalue weighted by Gasteiger charge is -2.21. The van der Waals surface area contributed by atoms with Gasteiger partial charge in [0.15, 0.2) is 5.96 Å². The Balaban J connectivity index is 1.70. The first-order chi connectivity index (χ1) is 12.9. The van der Waals surface area contributed by atoms with Gasteiger partial charge in [0.1, 0.15) is 5.82 Å². The van der Waals surface area contributed by atoms with Crippen molar-refractivity contribution in [2.24, 2.45) is 10.9 Å². The molecule has 2 N–H and O–H groups in total. The summed E-state index contributed by atoms with van der Waals surface area (Å²) in [6.07, 6.45) is 0.934. The summed E-state index contributed by atoms with van der Waals surface area (Å²) in [4.78, 5) is 20.5. The van der Waals surface area contributed by atoms with E-state index in [-0.39, 0.29) is 23.7 Å². The number of nitrogens with one attached hydrogen (secondary N) is 2.